The normalized spacial score (nSPS) is 41.9. The van der Waals surface area contributed by atoms with Crippen molar-refractivity contribution in [2.24, 2.45) is 56.7 Å². The quantitative estimate of drug-likeness (QED) is 0.188. The Bertz CT molecular complexity index is 1430. The van der Waals surface area contributed by atoms with Crippen LogP contribution in [0, 0.1) is 56.7 Å². The van der Waals surface area contributed by atoms with Gasteiger partial charge in [-0.15, -0.1) is 0 Å². The molecule has 4 saturated carbocycles. The molecule has 246 valence electrons. The van der Waals surface area contributed by atoms with Crippen LogP contribution in [-0.4, -0.2) is 16.8 Å². The second-order valence-corrected chi connectivity index (χ2v) is 18.6. The Morgan fingerprint density at radius 1 is 0.867 bits per heavy atom. The van der Waals surface area contributed by atoms with Crippen LogP contribution < -0.4 is 0 Å². The maximum Gasteiger partial charge on any atom is 0.338 e. The van der Waals surface area contributed by atoms with E-state index in [0.717, 1.165) is 32.1 Å². The molecule has 0 spiro atoms. The lowest BCUT2D eigenvalue weighted by Gasteiger charge is -2.72. The molecule has 3 nitrogen and oxygen atoms in total. The first-order valence-corrected chi connectivity index (χ1v) is 18.1. The molecule has 0 radical (unpaired) electrons. The van der Waals surface area contributed by atoms with Crippen LogP contribution in [0.5, 0.6) is 0 Å². The van der Waals surface area contributed by atoms with Gasteiger partial charge in [0.2, 0.25) is 5.24 Å². The van der Waals surface area contributed by atoms with Crippen molar-refractivity contribution < 1.29 is 14.3 Å². The van der Waals surface area contributed by atoms with E-state index < -0.39 is 5.60 Å². The van der Waals surface area contributed by atoms with E-state index >= 15 is 0 Å². The highest BCUT2D eigenvalue weighted by Gasteiger charge is 2.71. The van der Waals surface area contributed by atoms with Crippen molar-refractivity contribution in [3.63, 3.8) is 0 Å². The van der Waals surface area contributed by atoms with Gasteiger partial charge in [0.25, 0.3) is 0 Å². The minimum Gasteiger partial charge on any atom is -0.456 e. The summed E-state index contributed by atoms with van der Waals surface area (Å²) < 4.78 is 5.62. The third-order valence-corrected chi connectivity index (χ3v) is 15.2. The summed E-state index contributed by atoms with van der Waals surface area (Å²) in [6.07, 6.45) is 12.6. The monoisotopic (exact) mass is 632 g/mol. The number of hydrogen-bond donors (Lipinski definition) is 0. The Hall–Kier alpha value is -1.87. The van der Waals surface area contributed by atoms with Crippen molar-refractivity contribution in [2.45, 2.75) is 126 Å². The predicted octanol–water partition coefficient (Wildman–Crippen LogP) is 11.1. The molecule has 5 aliphatic rings. The topological polar surface area (TPSA) is 43.4 Å². The Kier molecular flexibility index (Phi) is 7.76. The number of fused-ring (bicyclic) bond motifs is 7. The van der Waals surface area contributed by atoms with Crippen LogP contribution in [0.25, 0.3) is 5.57 Å². The number of halogens is 1. The lowest BCUT2D eigenvalue weighted by atomic mass is 9.32. The summed E-state index contributed by atoms with van der Waals surface area (Å²) >= 11 is 6.53. The fourth-order valence-corrected chi connectivity index (χ4v) is 13.0. The molecule has 45 heavy (non-hydrogen) atoms. The van der Waals surface area contributed by atoms with E-state index in [0.29, 0.717) is 35.2 Å². The zero-order valence-electron chi connectivity index (χ0n) is 29.4. The van der Waals surface area contributed by atoms with Gasteiger partial charge in [0.15, 0.2) is 0 Å². The number of ether oxygens (including phenoxy) is 1. The van der Waals surface area contributed by atoms with Crippen molar-refractivity contribution >= 4 is 28.4 Å². The van der Waals surface area contributed by atoms with Crippen LogP contribution >= 0.6 is 11.6 Å². The molecule has 0 bridgehead atoms. The van der Waals surface area contributed by atoms with Crippen molar-refractivity contribution in [3.05, 3.63) is 53.6 Å². The Morgan fingerprint density at radius 2 is 1.53 bits per heavy atom. The molecule has 0 amide bonds. The SMILES string of the molecule is C=C(C)[C@@H]1CC[C@]2(C(=O)Cl)CC[C@]3(C)[C@H](CC[C@@H]4[C@@]5(C)CC=C(c6ccc(C(=O)OC(C)(C)C)cc6)C(C)(C)[C@@H]5CC[C@]43C)[C@@H]12. The molecule has 5 aliphatic carbocycles. The molecule has 0 unspecified atom stereocenters. The Labute approximate surface area is 278 Å². The molecule has 0 saturated heterocycles. The minimum atomic E-state index is -0.508. The fraction of sp³-hybridized carbons (Fsp3) is 0.707. The highest BCUT2D eigenvalue weighted by Crippen LogP contribution is 2.78. The fourth-order valence-electron chi connectivity index (χ4n) is 12.7. The molecule has 4 fully saturated rings. The highest BCUT2D eigenvalue weighted by atomic mass is 35.5. The first-order valence-electron chi connectivity index (χ1n) is 17.7. The summed E-state index contributed by atoms with van der Waals surface area (Å²) in [7, 11) is 0. The number of esters is 1. The average Bonchev–Trinajstić information content (AvgIpc) is 3.34. The number of carbonyl (C=O) groups is 2. The maximum atomic E-state index is 13.2. The highest BCUT2D eigenvalue weighted by molar-refractivity contribution is 6.64. The van der Waals surface area contributed by atoms with Gasteiger partial charge in [0, 0.05) is 5.41 Å². The summed E-state index contributed by atoms with van der Waals surface area (Å²) in [5.74, 6) is 2.21. The molecule has 1 aromatic carbocycles. The van der Waals surface area contributed by atoms with Gasteiger partial charge in [0.05, 0.1) is 5.56 Å². The van der Waals surface area contributed by atoms with Crippen LogP contribution in [0.2, 0.25) is 0 Å². The number of carbonyl (C=O) groups excluding carboxylic acids is 2. The van der Waals surface area contributed by atoms with E-state index in [1.807, 2.05) is 32.9 Å². The van der Waals surface area contributed by atoms with Gasteiger partial charge in [-0.2, -0.15) is 0 Å². The van der Waals surface area contributed by atoms with Gasteiger partial charge in [0.1, 0.15) is 5.60 Å². The number of allylic oxidation sites excluding steroid dienone is 3. The summed E-state index contributed by atoms with van der Waals surface area (Å²) in [6, 6.07) is 8.12. The third-order valence-electron chi connectivity index (χ3n) is 14.9. The maximum absolute atomic E-state index is 13.2. The van der Waals surface area contributed by atoms with E-state index in [-0.39, 0.29) is 38.3 Å². The third kappa shape index (κ3) is 4.70. The van der Waals surface area contributed by atoms with E-state index in [9.17, 15) is 9.59 Å². The van der Waals surface area contributed by atoms with Crippen LogP contribution in [0.1, 0.15) is 136 Å². The number of benzene rings is 1. The first kappa shape index (κ1) is 33.0. The Morgan fingerprint density at radius 3 is 2.13 bits per heavy atom. The van der Waals surface area contributed by atoms with Gasteiger partial charge in [-0.05, 0) is 172 Å². The molecule has 1 aromatic rings. The lowest BCUT2D eigenvalue weighted by molar-refractivity contribution is -0.223. The molecule has 0 aromatic heterocycles. The van der Waals surface area contributed by atoms with Crippen molar-refractivity contribution in [1.82, 2.24) is 0 Å². The van der Waals surface area contributed by atoms with Crippen molar-refractivity contribution in [3.8, 4) is 0 Å². The van der Waals surface area contributed by atoms with Crippen LogP contribution in [0.15, 0.2) is 42.5 Å². The van der Waals surface area contributed by atoms with Crippen molar-refractivity contribution in [2.75, 3.05) is 0 Å². The van der Waals surface area contributed by atoms with E-state index in [4.69, 9.17) is 16.3 Å². The predicted molar refractivity (Wildman–Crippen MR) is 185 cm³/mol. The summed E-state index contributed by atoms with van der Waals surface area (Å²) in [4.78, 5) is 25.9. The zero-order valence-corrected chi connectivity index (χ0v) is 30.2. The van der Waals surface area contributed by atoms with Crippen LogP contribution in [0.3, 0.4) is 0 Å². The van der Waals surface area contributed by atoms with E-state index in [2.05, 4.69) is 66.3 Å². The molecule has 0 aliphatic heterocycles. The average molecular weight is 633 g/mol. The summed E-state index contributed by atoms with van der Waals surface area (Å²) in [5, 5.41) is -0.0768. The van der Waals surface area contributed by atoms with Gasteiger partial charge < -0.3 is 4.74 Å². The summed E-state index contributed by atoms with van der Waals surface area (Å²) in [5.41, 5.74) is 4.27. The first-order chi connectivity index (χ1) is 20.8. The Balaban J connectivity index is 1.32. The summed E-state index contributed by atoms with van der Waals surface area (Å²) in [6.45, 7) is 25.2. The van der Waals surface area contributed by atoms with Gasteiger partial charge in [-0.1, -0.05) is 65.0 Å². The zero-order chi connectivity index (χ0) is 33.0. The molecule has 6 rings (SSSR count). The molecule has 4 heteroatoms. The molecular formula is C41H57ClO3. The number of hydrogen-bond acceptors (Lipinski definition) is 3. The van der Waals surface area contributed by atoms with Gasteiger partial charge >= 0.3 is 5.97 Å². The second kappa shape index (κ2) is 10.6. The molecule has 9 atom stereocenters. The van der Waals surface area contributed by atoms with Crippen LogP contribution in [0.4, 0.5) is 0 Å². The van der Waals surface area contributed by atoms with E-state index in [1.54, 1.807) is 0 Å². The number of rotatable bonds is 4. The second-order valence-electron chi connectivity index (χ2n) is 18.2. The molecule has 0 N–H and O–H groups in total. The standard InChI is InChI=1S/C41H57ClO3/c1-25(2)28-17-22-41(35(42)44)24-23-39(9)30(33(28)41)15-16-32-38(8)20-18-29(37(6,7)31(38)19-21-40(32,39)10)26-11-13-27(14-12-26)34(43)45-36(3,4)5/h11-14,18,28,30-33H,1,15-17,19-24H2,2-10H3/t28-,30+,31-,32+,33+,38-,39+,40+,41-/m0/s1. The lowest BCUT2D eigenvalue weighted by Crippen LogP contribution is -2.65. The van der Waals surface area contributed by atoms with E-state index in [1.165, 1.54) is 42.4 Å². The smallest absolute Gasteiger partial charge is 0.338 e. The largest absolute Gasteiger partial charge is 0.456 e. The minimum absolute atomic E-state index is 0.0166. The molecular weight excluding hydrogens is 576 g/mol. The van der Waals surface area contributed by atoms with Gasteiger partial charge in [-0.3, -0.25) is 4.79 Å². The van der Waals surface area contributed by atoms with Crippen LogP contribution in [-0.2, 0) is 9.53 Å². The van der Waals surface area contributed by atoms with Crippen molar-refractivity contribution in [1.29, 1.82) is 0 Å². The van der Waals surface area contributed by atoms with Gasteiger partial charge in [-0.25, -0.2) is 4.79 Å². The molecule has 0 heterocycles.